The SMILES string of the molecule is Cc1ccc(S(=O)(=O)N2CCN(c3c(Cl)cccc3NC(=O)c3ccc4ccccc4c3)CC2)cc1. The molecule has 5 rings (SSSR count). The highest BCUT2D eigenvalue weighted by Crippen LogP contribution is 2.35. The summed E-state index contributed by atoms with van der Waals surface area (Å²) in [6.07, 6.45) is 0. The molecule has 1 saturated heterocycles. The van der Waals surface area contributed by atoms with Crippen LogP contribution in [0.2, 0.25) is 5.02 Å². The van der Waals surface area contributed by atoms with Crippen molar-refractivity contribution in [3.05, 3.63) is 101 Å². The molecule has 36 heavy (non-hydrogen) atoms. The summed E-state index contributed by atoms with van der Waals surface area (Å²) >= 11 is 6.58. The minimum Gasteiger partial charge on any atom is -0.366 e. The lowest BCUT2D eigenvalue weighted by molar-refractivity contribution is 0.102. The Kier molecular flexibility index (Phi) is 6.71. The van der Waals surface area contributed by atoms with Crippen LogP contribution in [0.1, 0.15) is 15.9 Å². The molecule has 1 amide bonds. The molecular formula is C28H26ClN3O3S. The van der Waals surface area contributed by atoms with Gasteiger partial charge in [-0.15, -0.1) is 0 Å². The summed E-state index contributed by atoms with van der Waals surface area (Å²) in [4.78, 5) is 15.4. The summed E-state index contributed by atoms with van der Waals surface area (Å²) in [5.74, 6) is -0.232. The number of rotatable bonds is 5. The van der Waals surface area contributed by atoms with Gasteiger partial charge in [-0.05, 0) is 54.1 Å². The molecule has 4 aromatic rings. The van der Waals surface area contributed by atoms with Gasteiger partial charge in [-0.2, -0.15) is 4.31 Å². The predicted molar refractivity (Wildman–Crippen MR) is 146 cm³/mol. The van der Waals surface area contributed by atoms with E-state index < -0.39 is 10.0 Å². The number of carbonyl (C=O) groups excluding carboxylic acids is 1. The Balaban J connectivity index is 1.34. The highest BCUT2D eigenvalue weighted by Gasteiger charge is 2.30. The van der Waals surface area contributed by atoms with Crippen molar-refractivity contribution in [2.24, 2.45) is 0 Å². The van der Waals surface area contributed by atoms with E-state index >= 15 is 0 Å². The molecule has 1 fully saturated rings. The molecule has 0 bridgehead atoms. The van der Waals surface area contributed by atoms with Crippen molar-refractivity contribution in [3.63, 3.8) is 0 Å². The van der Waals surface area contributed by atoms with Gasteiger partial charge in [0, 0.05) is 31.7 Å². The van der Waals surface area contributed by atoms with Gasteiger partial charge >= 0.3 is 0 Å². The van der Waals surface area contributed by atoms with E-state index in [0.717, 1.165) is 16.3 Å². The summed E-state index contributed by atoms with van der Waals surface area (Å²) in [5, 5.41) is 5.56. The summed E-state index contributed by atoms with van der Waals surface area (Å²) in [7, 11) is -3.57. The van der Waals surface area contributed by atoms with E-state index in [4.69, 9.17) is 11.6 Å². The highest BCUT2D eigenvalue weighted by atomic mass is 35.5. The van der Waals surface area contributed by atoms with Crippen LogP contribution < -0.4 is 10.2 Å². The number of benzene rings is 4. The fourth-order valence-corrected chi connectivity index (χ4v) is 6.19. The minimum absolute atomic E-state index is 0.232. The van der Waals surface area contributed by atoms with Gasteiger partial charge in [-0.1, -0.05) is 65.7 Å². The fraction of sp³-hybridized carbons (Fsp3) is 0.179. The second-order valence-electron chi connectivity index (χ2n) is 8.86. The molecule has 0 saturated carbocycles. The van der Waals surface area contributed by atoms with Crippen LogP contribution in [0, 0.1) is 6.92 Å². The summed E-state index contributed by atoms with van der Waals surface area (Å²) in [6.45, 7) is 3.47. The minimum atomic E-state index is -3.57. The van der Waals surface area contributed by atoms with Crippen molar-refractivity contribution in [1.82, 2.24) is 4.31 Å². The number of fused-ring (bicyclic) bond motifs is 1. The topological polar surface area (TPSA) is 69.7 Å². The zero-order valence-corrected chi connectivity index (χ0v) is 21.4. The van der Waals surface area contributed by atoms with Crippen LogP contribution >= 0.6 is 11.6 Å². The largest absolute Gasteiger partial charge is 0.366 e. The van der Waals surface area contributed by atoms with Crippen molar-refractivity contribution in [2.75, 3.05) is 36.4 Å². The van der Waals surface area contributed by atoms with Crippen LogP contribution in [0.5, 0.6) is 0 Å². The number of aryl methyl sites for hydroxylation is 1. The Labute approximate surface area is 216 Å². The number of hydrogen-bond acceptors (Lipinski definition) is 4. The van der Waals surface area contributed by atoms with Gasteiger partial charge in [-0.25, -0.2) is 8.42 Å². The third kappa shape index (κ3) is 4.82. The number of nitrogens with one attached hydrogen (secondary N) is 1. The normalized spacial score (nSPS) is 14.7. The van der Waals surface area contributed by atoms with Crippen molar-refractivity contribution in [3.8, 4) is 0 Å². The van der Waals surface area contributed by atoms with Gasteiger partial charge < -0.3 is 10.2 Å². The van der Waals surface area contributed by atoms with E-state index in [1.807, 2.05) is 54.3 Å². The molecular weight excluding hydrogens is 494 g/mol. The number of anilines is 2. The first kappa shape index (κ1) is 24.3. The summed E-state index contributed by atoms with van der Waals surface area (Å²) in [6, 6.07) is 25.8. The van der Waals surface area contributed by atoms with Crippen molar-refractivity contribution >= 4 is 49.7 Å². The predicted octanol–water partition coefficient (Wildman–Crippen LogP) is 5.56. The number of hydrogen-bond donors (Lipinski definition) is 1. The van der Waals surface area contributed by atoms with E-state index in [1.165, 1.54) is 4.31 Å². The second kappa shape index (κ2) is 9.93. The van der Waals surface area contributed by atoms with Gasteiger partial charge in [-0.3, -0.25) is 4.79 Å². The van der Waals surface area contributed by atoms with Gasteiger partial charge in [0.2, 0.25) is 10.0 Å². The molecule has 0 aliphatic carbocycles. The number of halogens is 1. The Morgan fingerprint density at radius 3 is 2.25 bits per heavy atom. The zero-order chi connectivity index (χ0) is 25.3. The first-order chi connectivity index (χ1) is 17.3. The third-order valence-electron chi connectivity index (χ3n) is 6.46. The molecule has 8 heteroatoms. The maximum atomic E-state index is 13.1. The lowest BCUT2D eigenvalue weighted by Crippen LogP contribution is -2.49. The molecule has 4 aromatic carbocycles. The summed E-state index contributed by atoms with van der Waals surface area (Å²) < 4.78 is 27.7. The average Bonchev–Trinajstić information content (AvgIpc) is 2.89. The van der Waals surface area contributed by atoms with E-state index in [-0.39, 0.29) is 5.91 Å². The summed E-state index contributed by atoms with van der Waals surface area (Å²) in [5.41, 5.74) is 2.85. The monoisotopic (exact) mass is 519 g/mol. The Morgan fingerprint density at radius 2 is 1.53 bits per heavy atom. The molecule has 1 N–H and O–H groups in total. The second-order valence-corrected chi connectivity index (χ2v) is 11.2. The molecule has 0 unspecified atom stereocenters. The Morgan fingerprint density at radius 1 is 0.833 bits per heavy atom. The highest BCUT2D eigenvalue weighted by molar-refractivity contribution is 7.89. The third-order valence-corrected chi connectivity index (χ3v) is 8.68. The maximum absolute atomic E-state index is 13.1. The van der Waals surface area contributed by atoms with Crippen molar-refractivity contribution in [2.45, 2.75) is 11.8 Å². The number of nitrogens with zero attached hydrogens (tertiary/aromatic N) is 2. The van der Waals surface area contributed by atoms with Crippen LogP contribution in [0.4, 0.5) is 11.4 Å². The molecule has 0 aromatic heterocycles. The van der Waals surface area contributed by atoms with Gasteiger partial charge in [0.25, 0.3) is 5.91 Å². The smallest absolute Gasteiger partial charge is 0.255 e. The molecule has 0 atom stereocenters. The number of piperazine rings is 1. The Hall–Kier alpha value is -3.39. The fourth-order valence-electron chi connectivity index (χ4n) is 4.47. The van der Waals surface area contributed by atoms with E-state index in [1.54, 1.807) is 42.5 Å². The van der Waals surface area contributed by atoms with Gasteiger partial charge in [0.05, 0.1) is 21.3 Å². The molecule has 184 valence electrons. The van der Waals surface area contributed by atoms with Crippen LogP contribution in [-0.2, 0) is 10.0 Å². The maximum Gasteiger partial charge on any atom is 0.255 e. The molecule has 0 radical (unpaired) electrons. The Bertz CT molecular complexity index is 1530. The standard InChI is InChI=1S/C28H26ClN3O3S/c1-20-9-13-24(14-10-20)36(34,35)32-17-15-31(16-18-32)27-25(29)7-4-8-26(27)30-28(33)23-12-11-21-5-2-3-6-22(21)19-23/h2-14,19H,15-18H2,1H3,(H,30,33). The lowest BCUT2D eigenvalue weighted by atomic mass is 10.1. The van der Waals surface area contributed by atoms with Gasteiger partial charge in [0.15, 0.2) is 0 Å². The lowest BCUT2D eigenvalue weighted by Gasteiger charge is -2.36. The number of sulfonamides is 1. The van der Waals surface area contributed by atoms with Crippen LogP contribution in [-0.4, -0.2) is 44.8 Å². The first-order valence-corrected chi connectivity index (χ1v) is 13.6. The van der Waals surface area contributed by atoms with Crippen molar-refractivity contribution < 1.29 is 13.2 Å². The van der Waals surface area contributed by atoms with E-state index in [9.17, 15) is 13.2 Å². The molecule has 1 aliphatic heterocycles. The van der Waals surface area contributed by atoms with Crippen LogP contribution in [0.25, 0.3) is 10.8 Å². The quantitative estimate of drug-likeness (QED) is 0.374. The number of amides is 1. The first-order valence-electron chi connectivity index (χ1n) is 11.7. The molecule has 6 nitrogen and oxygen atoms in total. The zero-order valence-electron chi connectivity index (χ0n) is 19.8. The van der Waals surface area contributed by atoms with Crippen LogP contribution in [0.15, 0.2) is 89.8 Å². The molecule has 1 aliphatic rings. The number of para-hydroxylation sites is 1. The molecule has 1 heterocycles. The van der Waals surface area contributed by atoms with Crippen LogP contribution in [0.3, 0.4) is 0 Å². The number of carbonyl (C=O) groups is 1. The van der Waals surface area contributed by atoms with Gasteiger partial charge in [0.1, 0.15) is 0 Å². The van der Waals surface area contributed by atoms with Crippen molar-refractivity contribution in [1.29, 1.82) is 0 Å². The molecule has 0 spiro atoms. The van der Waals surface area contributed by atoms with E-state index in [0.29, 0.717) is 53.0 Å². The average molecular weight is 520 g/mol. The van der Waals surface area contributed by atoms with E-state index in [2.05, 4.69) is 5.32 Å².